The first kappa shape index (κ1) is 32.4. The largest absolute Gasteiger partial charge is 0.481 e. The van der Waals surface area contributed by atoms with Crippen LogP contribution in [-0.4, -0.2) is 52.1 Å². The van der Waals surface area contributed by atoms with Gasteiger partial charge in [-0.25, -0.2) is 14.1 Å². The molecule has 10 nitrogen and oxygen atoms in total. The number of aliphatic hydroxyl groups excluding tert-OH is 1. The Labute approximate surface area is 269 Å². The Morgan fingerprint density at radius 3 is 2.53 bits per heavy atom. The van der Waals surface area contributed by atoms with Crippen molar-refractivity contribution in [1.82, 2.24) is 20.1 Å². The Hall–Kier alpha value is -4.03. The summed E-state index contributed by atoms with van der Waals surface area (Å²) in [5, 5.41) is 20.4. The summed E-state index contributed by atoms with van der Waals surface area (Å²) in [4.78, 5) is 30.3. The van der Waals surface area contributed by atoms with E-state index in [1.165, 1.54) is 33.4 Å². The quantitative estimate of drug-likeness (QED) is 0.212. The van der Waals surface area contributed by atoms with Crippen molar-refractivity contribution in [2.75, 3.05) is 19.5 Å². The number of ether oxygens (including phenoxy) is 2. The molecule has 2 heterocycles. The molecule has 0 bridgehead atoms. The van der Waals surface area contributed by atoms with Gasteiger partial charge in [-0.3, -0.25) is 9.59 Å². The first-order valence-corrected chi connectivity index (χ1v) is 15.0. The molecule has 3 N–H and O–H groups in total. The van der Waals surface area contributed by atoms with Crippen LogP contribution in [0.3, 0.4) is 0 Å². The van der Waals surface area contributed by atoms with Crippen molar-refractivity contribution < 1.29 is 23.8 Å². The Bertz CT molecular complexity index is 1800. The summed E-state index contributed by atoms with van der Waals surface area (Å²) in [7, 11) is 4.26. The fourth-order valence-corrected chi connectivity index (χ4v) is 5.95. The number of anilines is 1. The van der Waals surface area contributed by atoms with Crippen LogP contribution >= 0.6 is 23.2 Å². The average Bonchev–Trinajstić information content (AvgIpc) is 3.03. The molecule has 1 aliphatic rings. The fraction of sp³-hybridized carbons (Fsp3) is 0.312. The second kappa shape index (κ2) is 13.9. The van der Waals surface area contributed by atoms with Crippen LogP contribution in [-0.2, 0) is 13.6 Å². The summed E-state index contributed by atoms with van der Waals surface area (Å²) in [5.41, 5.74) is 1.51. The van der Waals surface area contributed by atoms with E-state index >= 15 is 0 Å². The van der Waals surface area contributed by atoms with E-state index in [9.17, 15) is 19.1 Å². The number of hydrogen-bond acceptors (Lipinski definition) is 8. The van der Waals surface area contributed by atoms with Crippen molar-refractivity contribution in [3.8, 4) is 34.1 Å². The van der Waals surface area contributed by atoms with Crippen LogP contribution in [0.1, 0.15) is 41.6 Å². The summed E-state index contributed by atoms with van der Waals surface area (Å²) in [6.07, 6.45) is 3.40. The minimum atomic E-state index is -0.821. The molecule has 2 unspecified atom stereocenters. The first-order chi connectivity index (χ1) is 21.6. The highest BCUT2D eigenvalue weighted by molar-refractivity contribution is 6.39. The van der Waals surface area contributed by atoms with E-state index in [4.69, 9.17) is 32.7 Å². The van der Waals surface area contributed by atoms with Crippen molar-refractivity contribution in [3.63, 3.8) is 0 Å². The van der Waals surface area contributed by atoms with Gasteiger partial charge in [0, 0.05) is 48.0 Å². The molecule has 13 heteroatoms. The van der Waals surface area contributed by atoms with Gasteiger partial charge in [0.05, 0.1) is 41.8 Å². The lowest BCUT2D eigenvalue weighted by Gasteiger charge is -2.28. The van der Waals surface area contributed by atoms with Crippen LogP contribution in [0.2, 0.25) is 10.0 Å². The van der Waals surface area contributed by atoms with E-state index in [-0.39, 0.29) is 44.9 Å². The molecule has 1 amide bonds. The van der Waals surface area contributed by atoms with Gasteiger partial charge in [0.1, 0.15) is 11.4 Å². The molecule has 0 radical (unpaired) electrons. The van der Waals surface area contributed by atoms with Crippen molar-refractivity contribution >= 4 is 34.8 Å². The van der Waals surface area contributed by atoms with Gasteiger partial charge in [-0.2, -0.15) is 0 Å². The highest BCUT2D eigenvalue weighted by Crippen LogP contribution is 2.42. The number of aliphatic hydroxyl groups is 1. The van der Waals surface area contributed by atoms with E-state index in [0.717, 1.165) is 42.0 Å². The number of aryl methyl sites for hydroxylation is 1. The van der Waals surface area contributed by atoms with Gasteiger partial charge < -0.3 is 25.2 Å². The van der Waals surface area contributed by atoms with Gasteiger partial charge in [-0.1, -0.05) is 60.3 Å². The highest BCUT2D eigenvalue weighted by Gasteiger charge is 2.24. The summed E-state index contributed by atoms with van der Waals surface area (Å²) < 4.78 is 26.5. The third-order valence-corrected chi connectivity index (χ3v) is 8.58. The summed E-state index contributed by atoms with van der Waals surface area (Å²) in [5.74, 6) is -1.06. The number of halogens is 3. The zero-order valence-electron chi connectivity index (χ0n) is 24.9. The number of rotatable bonds is 9. The predicted octanol–water partition coefficient (Wildman–Crippen LogP) is 5.62. The Balaban J connectivity index is 1.44. The lowest BCUT2D eigenvalue weighted by molar-refractivity contribution is 0.0901. The topological polar surface area (TPSA) is 128 Å². The number of benzene rings is 2. The molecule has 236 valence electrons. The SMILES string of the molecule is COc1cc(C(=O)Nc2cc(F)cc(-c3cccc(-c4ccc(CNC5CCCCC5O)c(OC)n4)c3Cl)c2Cl)c(=O)n(C)n1. The van der Waals surface area contributed by atoms with E-state index in [1.54, 1.807) is 18.2 Å². The van der Waals surface area contributed by atoms with Crippen LogP contribution in [0.25, 0.3) is 22.4 Å². The van der Waals surface area contributed by atoms with Crippen LogP contribution in [0.4, 0.5) is 10.1 Å². The monoisotopic (exact) mass is 655 g/mol. The smallest absolute Gasteiger partial charge is 0.279 e. The van der Waals surface area contributed by atoms with Crippen molar-refractivity contribution in [3.05, 3.63) is 85.9 Å². The number of carbonyl (C=O) groups is 1. The maximum absolute atomic E-state index is 14.9. The molecular formula is C32H32Cl2FN5O5. The molecule has 4 aromatic rings. The molecule has 2 aromatic heterocycles. The summed E-state index contributed by atoms with van der Waals surface area (Å²) in [6.45, 7) is 0.470. The number of aromatic nitrogens is 3. The van der Waals surface area contributed by atoms with Gasteiger partial charge >= 0.3 is 0 Å². The lowest BCUT2D eigenvalue weighted by Crippen LogP contribution is -2.41. The maximum atomic E-state index is 14.9. The molecule has 0 saturated heterocycles. The van der Waals surface area contributed by atoms with E-state index in [1.807, 2.05) is 12.1 Å². The minimum absolute atomic E-state index is 0.0119. The maximum Gasteiger partial charge on any atom is 0.279 e. The fourth-order valence-electron chi connectivity index (χ4n) is 5.37. The zero-order valence-corrected chi connectivity index (χ0v) is 26.4. The van der Waals surface area contributed by atoms with E-state index in [2.05, 4.69) is 20.7 Å². The summed E-state index contributed by atoms with van der Waals surface area (Å²) in [6, 6.07) is 12.3. The molecule has 1 aliphatic carbocycles. The van der Waals surface area contributed by atoms with E-state index < -0.39 is 17.3 Å². The van der Waals surface area contributed by atoms with Crippen molar-refractivity contribution in [2.24, 2.45) is 7.05 Å². The number of carbonyl (C=O) groups excluding carboxylic acids is 1. The number of nitrogens with zero attached hydrogens (tertiary/aromatic N) is 3. The van der Waals surface area contributed by atoms with Gasteiger partial charge in [0.2, 0.25) is 11.8 Å². The molecule has 2 atom stereocenters. The Morgan fingerprint density at radius 1 is 1.04 bits per heavy atom. The van der Waals surface area contributed by atoms with Gasteiger partial charge in [0.15, 0.2) is 0 Å². The first-order valence-electron chi connectivity index (χ1n) is 14.3. The van der Waals surface area contributed by atoms with Crippen molar-refractivity contribution in [2.45, 2.75) is 44.4 Å². The molecule has 5 rings (SSSR count). The minimum Gasteiger partial charge on any atom is -0.481 e. The van der Waals surface area contributed by atoms with Gasteiger partial charge in [0.25, 0.3) is 11.5 Å². The third-order valence-electron chi connectivity index (χ3n) is 7.76. The molecule has 2 aromatic carbocycles. The third kappa shape index (κ3) is 6.96. The summed E-state index contributed by atoms with van der Waals surface area (Å²) >= 11 is 13.6. The molecule has 45 heavy (non-hydrogen) atoms. The molecule has 1 saturated carbocycles. The van der Waals surface area contributed by atoms with Crippen molar-refractivity contribution in [1.29, 1.82) is 0 Å². The Kier molecular flexibility index (Phi) is 10.0. The Morgan fingerprint density at radius 2 is 1.80 bits per heavy atom. The van der Waals surface area contributed by atoms with Gasteiger partial charge in [-0.05, 0) is 31.0 Å². The predicted molar refractivity (Wildman–Crippen MR) is 171 cm³/mol. The molecule has 0 aliphatic heterocycles. The molecular weight excluding hydrogens is 624 g/mol. The lowest BCUT2D eigenvalue weighted by atomic mass is 9.92. The second-order valence-electron chi connectivity index (χ2n) is 10.7. The highest BCUT2D eigenvalue weighted by atomic mass is 35.5. The van der Waals surface area contributed by atoms with Crippen LogP contribution in [0.15, 0.2) is 53.3 Å². The second-order valence-corrected chi connectivity index (χ2v) is 11.4. The number of methoxy groups -OCH3 is 2. The number of hydrogen-bond donors (Lipinski definition) is 3. The average molecular weight is 657 g/mol. The van der Waals surface area contributed by atoms with Crippen LogP contribution < -0.4 is 25.7 Å². The normalized spacial score (nSPS) is 16.3. The molecule has 0 spiro atoms. The van der Waals surface area contributed by atoms with Crippen LogP contribution in [0.5, 0.6) is 11.8 Å². The number of pyridine rings is 1. The van der Waals surface area contributed by atoms with Gasteiger partial charge in [-0.15, -0.1) is 5.10 Å². The zero-order chi connectivity index (χ0) is 32.2. The standard InChI is InChI=1S/C32H32Cl2FN5O5/c1-40-32(43)22(15-27(39-40)44-2)30(42)37-25-14-18(35)13-21(29(25)34)19-7-6-8-20(28(19)33)23-12-11-17(31(38-23)45-3)16-36-24-9-4-5-10-26(24)41/h6-8,11-15,24,26,36,41H,4-5,9-10,16H2,1-3H3,(H,37,42). The number of amides is 1. The number of nitrogens with one attached hydrogen (secondary N) is 2. The van der Waals surface area contributed by atoms with Crippen LogP contribution in [0, 0.1) is 5.82 Å². The molecule has 1 fully saturated rings. The van der Waals surface area contributed by atoms with E-state index in [0.29, 0.717) is 29.2 Å².